The van der Waals surface area contributed by atoms with Crippen molar-refractivity contribution in [3.8, 4) is 11.5 Å². The number of aryl methyl sites for hydroxylation is 1. The van der Waals surface area contributed by atoms with Crippen LogP contribution in [0.2, 0.25) is 0 Å². The van der Waals surface area contributed by atoms with E-state index in [9.17, 15) is 14.7 Å². The maximum absolute atomic E-state index is 11.9. The zero-order valence-electron chi connectivity index (χ0n) is 19.0. The lowest BCUT2D eigenvalue weighted by Gasteiger charge is -2.64. The molecule has 30 heavy (non-hydrogen) atoms. The Morgan fingerprint density at radius 1 is 1.27 bits per heavy atom. The Labute approximate surface area is 179 Å². The number of phenolic OH excluding ortho intramolecular Hbond substituents is 1. The normalized spacial score (nSPS) is 36.5. The molecular weight excluding hydrogens is 380 g/mol. The van der Waals surface area contributed by atoms with E-state index in [2.05, 4.69) is 27.7 Å². The maximum atomic E-state index is 11.9. The van der Waals surface area contributed by atoms with Gasteiger partial charge in [-0.05, 0) is 56.1 Å². The van der Waals surface area contributed by atoms with Crippen LogP contribution in [-0.2, 0) is 16.0 Å². The molecule has 5 unspecified atom stereocenters. The second-order valence-corrected chi connectivity index (χ2v) is 10.6. The van der Waals surface area contributed by atoms with Crippen molar-refractivity contribution < 1.29 is 24.2 Å². The smallest absolute Gasteiger partial charge is 0.302 e. The zero-order chi connectivity index (χ0) is 22.1. The number of hydrogen-bond acceptors (Lipinski definition) is 5. The summed E-state index contributed by atoms with van der Waals surface area (Å²) in [6, 6.07) is 1.68. The summed E-state index contributed by atoms with van der Waals surface area (Å²) in [5.74, 6) is 1.14. The summed E-state index contributed by atoms with van der Waals surface area (Å²) in [7, 11) is 0. The van der Waals surface area contributed by atoms with Crippen LogP contribution in [0.25, 0.3) is 0 Å². The lowest BCUT2D eigenvalue weighted by atomic mass is 9.43. The fourth-order valence-electron chi connectivity index (χ4n) is 7.18. The highest BCUT2D eigenvalue weighted by atomic mass is 16.5. The molecule has 4 rings (SSSR count). The van der Waals surface area contributed by atoms with E-state index in [1.165, 1.54) is 6.92 Å². The highest BCUT2D eigenvalue weighted by molar-refractivity contribution is 5.84. The Kier molecular flexibility index (Phi) is 4.76. The van der Waals surface area contributed by atoms with Gasteiger partial charge in [0.1, 0.15) is 23.2 Å². The third-order valence-corrected chi connectivity index (χ3v) is 8.83. The summed E-state index contributed by atoms with van der Waals surface area (Å²) in [4.78, 5) is 23.6. The van der Waals surface area contributed by atoms with Gasteiger partial charge in [0.25, 0.3) is 0 Å². The average Bonchev–Trinajstić information content (AvgIpc) is 3.05. The van der Waals surface area contributed by atoms with Gasteiger partial charge in [-0.25, -0.2) is 0 Å². The van der Waals surface area contributed by atoms with Gasteiger partial charge < -0.3 is 14.6 Å². The first-order chi connectivity index (χ1) is 14.0. The number of benzene rings is 1. The molecule has 2 fully saturated rings. The Balaban J connectivity index is 1.81. The summed E-state index contributed by atoms with van der Waals surface area (Å²) in [5, 5.41) is 10.7. The Bertz CT molecular complexity index is 903. The highest BCUT2D eigenvalue weighted by Gasteiger charge is 2.67. The largest absolute Gasteiger partial charge is 0.508 e. The standard InChI is InChI=1S/C25H34O5/c1-14-11-19(28)17-12-25(30-22(17)18(14)13-26)15(2)7-8-20-23(4,5)21(29-16(3)27)9-10-24(20,25)6/h11,13,15,20-21,28H,7-10,12H2,1-6H3. The molecule has 0 saturated heterocycles. The van der Waals surface area contributed by atoms with Crippen LogP contribution in [0, 0.1) is 29.6 Å². The summed E-state index contributed by atoms with van der Waals surface area (Å²) in [6.07, 6.45) is 5.07. The second-order valence-electron chi connectivity index (χ2n) is 10.6. The quantitative estimate of drug-likeness (QED) is 0.545. The van der Waals surface area contributed by atoms with Crippen molar-refractivity contribution in [2.45, 2.75) is 85.4 Å². The van der Waals surface area contributed by atoms with E-state index in [0.29, 0.717) is 23.7 Å². The van der Waals surface area contributed by atoms with Gasteiger partial charge in [0.15, 0.2) is 6.29 Å². The molecule has 0 amide bonds. The lowest BCUT2D eigenvalue weighted by Crippen LogP contribution is -2.67. The third kappa shape index (κ3) is 2.66. The van der Waals surface area contributed by atoms with Gasteiger partial charge in [0.2, 0.25) is 0 Å². The van der Waals surface area contributed by atoms with E-state index < -0.39 is 5.60 Å². The summed E-state index contributed by atoms with van der Waals surface area (Å²) < 4.78 is 12.6. The molecule has 1 aromatic rings. The molecule has 5 nitrogen and oxygen atoms in total. The number of aromatic hydroxyl groups is 1. The molecule has 1 aromatic carbocycles. The number of phenols is 1. The van der Waals surface area contributed by atoms with E-state index in [-0.39, 0.29) is 34.6 Å². The summed E-state index contributed by atoms with van der Waals surface area (Å²) in [6.45, 7) is 12.3. The van der Waals surface area contributed by atoms with E-state index in [0.717, 1.165) is 43.1 Å². The number of esters is 1. The summed E-state index contributed by atoms with van der Waals surface area (Å²) in [5.41, 5.74) is 1.21. The summed E-state index contributed by atoms with van der Waals surface area (Å²) >= 11 is 0. The van der Waals surface area contributed by atoms with Gasteiger partial charge in [0, 0.05) is 29.7 Å². The number of aldehydes is 1. The minimum absolute atomic E-state index is 0.108. The fraction of sp³-hybridized carbons (Fsp3) is 0.680. The van der Waals surface area contributed by atoms with Crippen LogP contribution in [0.3, 0.4) is 0 Å². The average molecular weight is 415 g/mol. The van der Waals surface area contributed by atoms with Crippen LogP contribution in [0.5, 0.6) is 11.5 Å². The topological polar surface area (TPSA) is 72.8 Å². The van der Waals surface area contributed by atoms with Gasteiger partial charge >= 0.3 is 5.97 Å². The van der Waals surface area contributed by atoms with Crippen molar-refractivity contribution in [3.63, 3.8) is 0 Å². The Morgan fingerprint density at radius 3 is 2.60 bits per heavy atom. The number of carbonyl (C=O) groups is 2. The lowest BCUT2D eigenvalue weighted by molar-refractivity contribution is -0.218. The predicted molar refractivity (Wildman–Crippen MR) is 114 cm³/mol. The monoisotopic (exact) mass is 414 g/mol. The minimum Gasteiger partial charge on any atom is -0.508 e. The van der Waals surface area contributed by atoms with Crippen molar-refractivity contribution in [3.05, 3.63) is 22.8 Å². The van der Waals surface area contributed by atoms with Crippen LogP contribution < -0.4 is 4.74 Å². The van der Waals surface area contributed by atoms with Crippen LogP contribution in [0.1, 0.15) is 81.8 Å². The van der Waals surface area contributed by atoms with Crippen LogP contribution in [-0.4, -0.2) is 29.1 Å². The zero-order valence-corrected chi connectivity index (χ0v) is 19.0. The fourth-order valence-corrected chi connectivity index (χ4v) is 7.18. The van der Waals surface area contributed by atoms with Crippen molar-refractivity contribution in [2.75, 3.05) is 0 Å². The molecule has 164 valence electrons. The van der Waals surface area contributed by atoms with Gasteiger partial charge in [-0.1, -0.05) is 27.7 Å². The SMILES string of the molecule is CC(=O)OC1CCC2(C)C(CCC(C)C23Cc2c(O)cc(C)c(C=O)c2O3)C1(C)C. The molecule has 5 atom stereocenters. The molecule has 2 saturated carbocycles. The van der Waals surface area contributed by atoms with E-state index in [4.69, 9.17) is 9.47 Å². The van der Waals surface area contributed by atoms with E-state index >= 15 is 0 Å². The van der Waals surface area contributed by atoms with Crippen LogP contribution in [0.4, 0.5) is 0 Å². The number of ether oxygens (including phenoxy) is 2. The molecule has 0 bridgehead atoms. The molecule has 0 aromatic heterocycles. The van der Waals surface area contributed by atoms with Crippen molar-refractivity contribution >= 4 is 12.3 Å². The Hall–Kier alpha value is -2.04. The highest BCUT2D eigenvalue weighted by Crippen LogP contribution is 2.67. The molecule has 1 aliphatic heterocycles. The number of rotatable bonds is 2. The third-order valence-electron chi connectivity index (χ3n) is 8.83. The molecule has 0 radical (unpaired) electrons. The van der Waals surface area contributed by atoms with Gasteiger partial charge in [0.05, 0.1) is 5.56 Å². The van der Waals surface area contributed by atoms with Crippen molar-refractivity contribution in [1.82, 2.24) is 0 Å². The molecule has 1 spiro atoms. The van der Waals surface area contributed by atoms with Crippen LogP contribution >= 0.6 is 0 Å². The van der Waals surface area contributed by atoms with Crippen LogP contribution in [0.15, 0.2) is 6.07 Å². The van der Waals surface area contributed by atoms with E-state index in [1.54, 1.807) is 6.07 Å². The number of hydrogen-bond donors (Lipinski definition) is 1. The van der Waals surface area contributed by atoms with Gasteiger partial charge in [-0.15, -0.1) is 0 Å². The Morgan fingerprint density at radius 2 is 1.97 bits per heavy atom. The molecule has 5 heteroatoms. The molecule has 3 aliphatic rings. The molecular formula is C25H34O5. The molecule has 1 heterocycles. The first-order valence-electron chi connectivity index (χ1n) is 11.1. The molecule has 2 aliphatic carbocycles. The minimum atomic E-state index is -0.486. The van der Waals surface area contributed by atoms with Crippen molar-refractivity contribution in [2.24, 2.45) is 22.7 Å². The number of fused-ring (bicyclic) bond motifs is 3. The van der Waals surface area contributed by atoms with E-state index in [1.807, 2.05) is 6.92 Å². The second kappa shape index (κ2) is 6.73. The predicted octanol–water partition coefficient (Wildman–Crippen LogP) is 4.99. The maximum Gasteiger partial charge on any atom is 0.302 e. The first-order valence-corrected chi connectivity index (χ1v) is 11.1. The van der Waals surface area contributed by atoms with Gasteiger partial charge in [-0.2, -0.15) is 0 Å². The van der Waals surface area contributed by atoms with Crippen molar-refractivity contribution in [1.29, 1.82) is 0 Å². The number of carbonyl (C=O) groups excluding carboxylic acids is 2. The molecule has 1 N–H and O–H groups in total. The van der Waals surface area contributed by atoms with Gasteiger partial charge in [-0.3, -0.25) is 9.59 Å². The first kappa shape index (κ1) is 21.2.